The fraction of sp³-hybridized carbons (Fsp3) is 1.00. The van der Waals surface area contributed by atoms with Gasteiger partial charge < -0.3 is 0 Å². The van der Waals surface area contributed by atoms with E-state index in [2.05, 4.69) is 52.6 Å². The van der Waals surface area contributed by atoms with Gasteiger partial charge in [0, 0.05) is 5.25 Å². The standard InChI is InChI=1S/C14H30S/c1-7-9-11(3)10-14(15-6)13(5)12(4)8-2/h11-14H,7-10H2,1-6H3. The van der Waals surface area contributed by atoms with Crippen LogP contribution in [0.4, 0.5) is 0 Å². The van der Waals surface area contributed by atoms with Crippen LogP contribution in [0.1, 0.15) is 60.3 Å². The van der Waals surface area contributed by atoms with Crippen LogP contribution < -0.4 is 0 Å². The average molecular weight is 230 g/mol. The maximum absolute atomic E-state index is 2.44. The van der Waals surface area contributed by atoms with Crippen molar-refractivity contribution in [3.05, 3.63) is 0 Å². The van der Waals surface area contributed by atoms with Crippen LogP contribution in [0.15, 0.2) is 0 Å². The van der Waals surface area contributed by atoms with Crippen LogP contribution >= 0.6 is 11.8 Å². The third-order valence-corrected chi connectivity index (χ3v) is 5.07. The smallest absolute Gasteiger partial charge is 0.00749 e. The number of hydrogen-bond donors (Lipinski definition) is 0. The number of rotatable bonds is 8. The molecule has 0 aromatic carbocycles. The van der Waals surface area contributed by atoms with Crippen molar-refractivity contribution in [1.82, 2.24) is 0 Å². The zero-order valence-electron chi connectivity index (χ0n) is 11.5. The summed E-state index contributed by atoms with van der Waals surface area (Å²) in [5, 5.41) is 0.862. The second-order valence-corrected chi connectivity index (χ2v) is 6.23. The number of hydrogen-bond acceptors (Lipinski definition) is 1. The highest BCUT2D eigenvalue weighted by Crippen LogP contribution is 2.31. The van der Waals surface area contributed by atoms with Gasteiger partial charge in [-0.15, -0.1) is 0 Å². The molecule has 4 unspecified atom stereocenters. The van der Waals surface area contributed by atoms with Crippen molar-refractivity contribution in [3.8, 4) is 0 Å². The first kappa shape index (κ1) is 15.3. The average Bonchev–Trinajstić information content (AvgIpc) is 2.24. The van der Waals surface area contributed by atoms with Crippen LogP contribution in [-0.4, -0.2) is 11.5 Å². The van der Waals surface area contributed by atoms with Crippen molar-refractivity contribution < 1.29 is 0 Å². The topological polar surface area (TPSA) is 0 Å². The molecule has 0 heterocycles. The van der Waals surface area contributed by atoms with Gasteiger partial charge in [-0.3, -0.25) is 0 Å². The highest BCUT2D eigenvalue weighted by Gasteiger charge is 2.22. The lowest BCUT2D eigenvalue weighted by molar-refractivity contribution is 0.329. The molecule has 0 amide bonds. The Morgan fingerprint density at radius 2 is 1.67 bits per heavy atom. The van der Waals surface area contributed by atoms with Crippen LogP contribution in [0.3, 0.4) is 0 Å². The lowest BCUT2D eigenvalue weighted by Gasteiger charge is -2.29. The first-order valence-corrected chi connectivity index (χ1v) is 7.88. The number of thioether (sulfide) groups is 1. The normalized spacial score (nSPS) is 19.6. The van der Waals surface area contributed by atoms with E-state index >= 15 is 0 Å². The minimum Gasteiger partial charge on any atom is -0.162 e. The van der Waals surface area contributed by atoms with Gasteiger partial charge in [-0.25, -0.2) is 0 Å². The molecule has 1 heteroatoms. The first-order valence-electron chi connectivity index (χ1n) is 6.59. The van der Waals surface area contributed by atoms with E-state index in [0.717, 1.165) is 23.0 Å². The minimum atomic E-state index is 0.862. The molecule has 0 spiro atoms. The molecular formula is C14H30S. The Bertz CT molecular complexity index is 144. The van der Waals surface area contributed by atoms with Gasteiger partial charge in [0.15, 0.2) is 0 Å². The van der Waals surface area contributed by atoms with Crippen LogP contribution in [0.5, 0.6) is 0 Å². The molecular weight excluding hydrogens is 200 g/mol. The highest BCUT2D eigenvalue weighted by atomic mass is 32.2. The van der Waals surface area contributed by atoms with Gasteiger partial charge in [-0.05, 0) is 30.4 Å². The molecule has 0 aromatic rings. The first-order chi connectivity index (χ1) is 7.06. The zero-order valence-corrected chi connectivity index (χ0v) is 12.4. The summed E-state index contributed by atoms with van der Waals surface area (Å²) in [6.07, 6.45) is 7.73. The van der Waals surface area contributed by atoms with Crippen LogP contribution in [0, 0.1) is 17.8 Å². The lowest BCUT2D eigenvalue weighted by Crippen LogP contribution is -2.23. The third-order valence-electron chi connectivity index (χ3n) is 3.85. The van der Waals surface area contributed by atoms with Gasteiger partial charge in [0.05, 0.1) is 0 Å². The minimum absolute atomic E-state index is 0.862. The third kappa shape index (κ3) is 5.85. The van der Waals surface area contributed by atoms with Crippen molar-refractivity contribution in [2.24, 2.45) is 17.8 Å². The predicted octanol–water partition coefficient (Wildman–Crippen LogP) is 5.23. The maximum Gasteiger partial charge on any atom is 0.00749 e. The van der Waals surface area contributed by atoms with Crippen molar-refractivity contribution in [3.63, 3.8) is 0 Å². The Kier molecular flexibility index (Phi) is 8.69. The van der Waals surface area contributed by atoms with E-state index in [1.807, 2.05) is 0 Å². The fourth-order valence-electron chi connectivity index (χ4n) is 2.27. The quantitative estimate of drug-likeness (QED) is 0.550. The van der Waals surface area contributed by atoms with Gasteiger partial charge >= 0.3 is 0 Å². The largest absolute Gasteiger partial charge is 0.162 e. The van der Waals surface area contributed by atoms with E-state index in [1.54, 1.807) is 0 Å². The van der Waals surface area contributed by atoms with Gasteiger partial charge in [-0.2, -0.15) is 11.8 Å². The fourth-order valence-corrected chi connectivity index (χ4v) is 3.49. The second-order valence-electron chi connectivity index (χ2n) is 5.15. The van der Waals surface area contributed by atoms with E-state index in [1.165, 1.54) is 25.7 Å². The summed E-state index contributed by atoms with van der Waals surface area (Å²) < 4.78 is 0. The molecule has 92 valence electrons. The van der Waals surface area contributed by atoms with Gasteiger partial charge in [0.2, 0.25) is 0 Å². The summed E-state index contributed by atoms with van der Waals surface area (Å²) in [6.45, 7) is 11.9. The van der Waals surface area contributed by atoms with E-state index in [-0.39, 0.29) is 0 Å². The molecule has 0 aliphatic heterocycles. The summed E-state index contributed by atoms with van der Waals surface area (Å²) in [4.78, 5) is 0. The van der Waals surface area contributed by atoms with E-state index in [0.29, 0.717) is 0 Å². The van der Waals surface area contributed by atoms with Crippen LogP contribution in [0.25, 0.3) is 0 Å². The summed E-state index contributed by atoms with van der Waals surface area (Å²) in [5.74, 6) is 2.64. The van der Waals surface area contributed by atoms with Gasteiger partial charge in [0.25, 0.3) is 0 Å². The molecule has 0 radical (unpaired) electrons. The SMILES string of the molecule is CCCC(C)CC(SC)C(C)C(C)CC. The lowest BCUT2D eigenvalue weighted by atomic mass is 9.86. The monoisotopic (exact) mass is 230 g/mol. The molecule has 0 fully saturated rings. The highest BCUT2D eigenvalue weighted by molar-refractivity contribution is 7.99. The summed E-state index contributed by atoms with van der Waals surface area (Å²) >= 11 is 2.08. The van der Waals surface area contributed by atoms with Gasteiger partial charge in [0.1, 0.15) is 0 Å². The van der Waals surface area contributed by atoms with E-state index in [9.17, 15) is 0 Å². The molecule has 0 aliphatic carbocycles. The summed E-state index contributed by atoms with van der Waals surface area (Å²) in [6, 6.07) is 0. The molecule has 15 heavy (non-hydrogen) atoms. The predicted molar refractivity (Wildman–Crippen MR) is 74.6 cm³/mol. The molecule has 0 nitrogen and oxygen atoms in total. The van der Waals surface area contributed by atoms with E-state index < -0.39 is 0 Å². The molecule has 0 bridgehead atoms. The molecule has 4 atom stereocenters. The second kappa shape index (κ2) is 8.50. The Balaban J connectivity index is 4.10. The summed E-state index contributed by atoms with van der Waals surface area (Å²) in [7, 11) is 0. The Morgan fingerprint density at radius 1 is 1.07 bits per heavy atom. The Morgan fingerprint density at radius 3 is 2.07 bits per heavy atom. The Labute approximate surface area is 102 Å². The molecule has 0 aliphatic rings. The maximum atomic E-state index is 2.44. The molecule has 0 saturated heterocycles. The molecule has 0 rings (SSSR count). The molecule has 0 aromatic heterocycles. The molecule has 0 saturated carbocycles. The van der Waals surface area contributed by atoms with Crippen molar-refractivity contribution >= 4 is 11.8 Å². The summed E-state index contributed by atoms with van der Waals surface area (Å²) in [5.41, 5.74) is 0. The van der Waals surface area contributed by atoms with E-state index in [4.69, 9.17) is 0 Å². The van der Waals surface area contributed by atoms with Gasteiger partial charge in [-0.1, -0.05) is 53.9 Å². The van der Waals surface area contributed by atoms with Crippen molar-refractivity contribution in [1.29, 1.82) is 0 Å². The molecule has 0 N–H and O–H groups in total. The van der Waals surface area contributed by atoms with Crippen molar-refractivity contribution in [2.45, 2.75) is 65.6 Å². The zero-order chi connectivity index (χ0) is 11.8. The van der Waals surface area contributed by atoms with Crippen LogP contribution in [-0.2, 0) is 0 Å². The van der Waals surface area contributed by atoms with Crippen LogP contribution in [0.2, 0.25) is 0 Å². The van der Waals surface area contributed by atoms with Crippen molar-refractivity contribution in [2.75, 3.05) is 6.26 Å². The Hall–Kier alpha value is 0.350.